The van der Waals surface area contributed by atoms with Crippen molar-refractivity contribution in [3.8, 4) is 5.75 Å². The van der Waals surface area contributed by atoms with Gasteiger partial charge in [0.15, 0.2) is 0 Å². The molecule has 0 fully saturated rings. The van der Waals surface area contributed by atoms with Crippen LogP contribution in [0.3, 0.4) is 0 Å². The molecule has 1 unspecified atom stereocenters. The average molecular weight is 261 g/mol. The van der Waals surface area contributed by atoms with Gasteiger partial charge >= 0.3 is 0 Å². The Labute approximate surface area is 112 Å². The van der Waals surface area contributed by atoms with Crippen molar-refractivity contribution in [1.29, 1.82) is 0 Å². The van der Waals surface area contributed by atoms with Gasteiger partial charge in [0.2, 0.25) is 0 Å². The van der Waals surface area contributed by atoms with E-state index < -0.39 is 0 Å². The quantitative estimate of drug-likeness (QED) is 0.794. The molecule has 2 nitrogen and oxygen atoms in total. The summed E-state index contributed by atoms with van der Waals surface area (Å²) in [5.41, 5.74) is 3.29. The summed E-state index contributed by atoms with van der Waals surface area (Å²) < 4.78 is 0. The number of thiophene rings is 1. The Bertz CT molecular complexity index is 560. The van der Waals surface area contributed by atoms with Crippen LogP contribution >= 0.6 is 11.3 Å². The van der Waals surface area contributed by atoms with E-state index in [0.717, 1.165) is 11.3 Å². The molecule has 18 heavy (non-hydrogen) atoms. The molecule has 0 aliphatic rings. The van der Waals surface area contributed by atoms with Crippen molar-refractivity contribution >= 4 is 17.0 Å². The van der Waals surface area contributed by atoms with Crippen molar-refractivity contribution in [2.24, 2.45) is 0 Å². The van der Waals surface area contributed by atoms with Gasteiger partial charge in [0, 0.05) is 21.5 Å². The Morgan fingerprint density at radius 1 is 1.17 bits per heavy atom. The zero-order valence-electron chi connectivity index (χ0n) is 11.2. The van der Waals surface area contributed by atoms with Gasteiger partial charge in [0.25, 0.3) is 0 Å². The number of anilines is 1. The van der Waals surface area contributed by atoms with E-state index >= 15 is 0 Å². The zero-order chi connectivity index (χ0) is 13.3. The summed E-state index contributed by atoms with van der Waals surface area (Å²) >= 11 is 1.83. The van der Waals surface area contributed by atoms with Crippen LogP contribution in [0.1, 0.15) is 33.8 Å². The minimum atomic E-state index is 0.277. The first-order chi connectivity index (χ1) is 8.47. The summed E-state index contributed by atoms with van der Waals surface area (Å²) in [6.07, 6.45) is 0. The lowest BCUT2D eigenvalue weighted by atomic mass is 10.1. The Balaban J connectivity index is 2.18. The van der Waals surface area contributed by atoms with Crippen LogP contribution in [0.5, 0.6) is 5.75 Å². The fourth-order valence-corrected chi connectivity index (χ4v) is 3.18. The summed E-state index contributed by atoms with van der Waals surface area (Å²) in [7, 11) is 0. The molecule has 96 valence electrons. The number of aromatic hydroxyl groups is 1. The molecule has 0 saturated heterocycles. The molecule has 0 bridgehead atoms. The van der Waals surface area contributed by atoms with Gasteiger partial charge in [-0.25, -0.2) is 0 Å². The van der Waals surface area contributed by atoms with Crippen molar-refractivity contribution in [3.05, 3.63) is 45.1 Å². The zero-order valence-corrected chi connectivity index (χ0v) is 12.1. The van der Waals surface area contributed by atoms with E-state index in [4.69, 9.17) is 0 Å². The van der Waals surface area contributed by atoms with E-state index in [2.05, 4.69) is 32.2 Å². The van der Waals surface area contributed by atoms with Crippen LogP contribution in [-0.2, 0) is 0 Å². The molecule has 1 aromatic heterocycles. The topological polar surface area (TPSA) is 32.3 Å². The summed E-state index contributed by atoms with van der Waals surface area (Å²) in [4.78, 5) is 2.71. The highest BCUT2D eigenvalue weighted by molar-refractivity contribution is 7.12. The molecule has 2 aromatic rings. The van der Waals surface area contributed by atoms with Crippen LogP contribution < -0.4 is 5.32 Å². The summed E-state index contributed by atoms with van der Waals surface area (Å²) in [5.74, 6) is 0.343. The molecular weight excluding hydrogens is 242 g/mol. The second kappa shape index (κ2) is 5.02. The van der Waals surface area contributed by atoms with E-state index in [1.165, 1.54) is 15.3 Å². The standard InChI is InChI=1S/C15H19NOS/c1-9-7-13(5-6-15(9)17)16-11(3)14-8-10(2)18-12(14)4/h5-8,11,16-17H,1-4H3. The molecule has 0 aliphatic heterocycles. The molecule has 1 heterocycles. The van der Waals surface area contributed by atoms with Crippen molar-refractivity contribution in [2.75, 3.05) is 5.32 Å². The second-order valence-corrected chi connectivity index (χ2v) is 6.20. The molecule has 0 saturated carbocycles. The van der Waals surface area contributed by atoms with Gasteiger partial charge in [-0.3, -0.25) is 0 Å². The highest BCUT2D eigenvalue weighted by Crippen LogP contribution is 2.29. The molecule has 2 rings (SSSR count). The molecule has 2 N–H and O–H groups in total. The first-order valence-corrected chi connectivity index (χ1v) is 6.92. The van der Waals surface area contributed by atoms with E-state index in [-0.39, 0.29) is 6.04 Å². The predicted molar refractivity (Wildman–Crippen MR) is 78.7 cm³/mol. The number of rotatable bonds is 3. The molecule has 0 aliphatic carbocycles. The number of benzene rings is 1. The smallest absolute Gasteiger partial charge is 0.118 e. The van der Waals surface area contributed by atoms with Crippen LogP contribution in [0, 0.1) is 20.8 Å². The fraction of sp³-hybridized carbons (Fsp3) is 0.333. The third kappa shape index (κ3) is 2.67. The maximum atomic E-state index is 9.52. The normalized spacial score (nSPS) is 12.4. The molecule has 0 spiro atoms. The monoisotopic (exact) mass is 261 g/mol. The van der Waals surface area contributed by atoms with E-state index in [0.29, 0.717) is 5.75 Å². The van der Waals surface area contributed by atoms with Crippen LogP contribution in [0.2, 0.25) is 0 Å². The maximum absolute atomic E-state index is 9.52. The molecule has 1 atom stereocenters. The number of hydrogen-bond acceptors (Lipinski definition) is 3. The number of phenols is 1. The van der Waals surface area contributed by atoms with Gasteiger partial charge in [-0.15, -0.1) is 11.3 Å². The SMILES string of the molecule is Cc1cc(C(C)Nc2ccc(O)c(C)c2)c(C)s1. The third-order valence-electron chi connectivity index (χ3n) is 3.13. The lowest BCUT2D eigenvalue weighted by molar-refractivity contribution is 0.471. The van der Waals surface area contributed by atoms with Crippen LogP contribution in [-0.4, -0.2) is 5.11 Å². The highest BCUT2D eigenvalue weighted by atomic mass is 32.1. The summed E-state index contributed by atoms with van der Waals surface area (Å²) in [6.45, 7) is 8.37. The highest BCUT2D eigenvalue weighted by Gasteiger charge is 2.11. The van der Waals surface area contributed by atoms with Gasteiger partial charge in [-0.1, -0.05) is 0 Å². The minimum absolute atomic E-state index is 0.277. The lowest BCUT2D eigenvalue weighted by Gasteiger charge is -2.16. The van der Waals surface area contributed by atoms with E-state index in [1.807, 2.05) is 30.4 Å². The van der Waals surface area contributed by atoms with Crippen molar-refractivity contribution < 1.29 is 5.11 Å². The fourth-order valence-electron chi connectivity index (χ4n) is 2.15. The van der Waals surface area contributed by atoms with Crippen molar-refractivity contribution in [2.45, 2.75) is 33.7 Å². The van der Waals surface area contributed by atoms with Gasteiger partial charge in [0.1, 0.15) is 5.75 Å². The first-order valence-electron chi connectivity index (χ1n) is 6.10. The van der Waals surface area contributed by atoms with Gasteiger partial charge in [-0.2, -0.15) is 0 Å². The Morgan fingerprint density at radius 2 is 1.89 bits per heavy atom. The summed E-state index contributed by atoms with van der Waals surface area (Å²) in [6, 6.07) is 8.13. The number of phenolic OH excluding ortho intramolecular Hbond substituents is 1. The molecule has 3 heteroatoms. The Hall–Kier alpha value is -1.48. The Kier molecular flexibility index (Phi) is 3.62. The first kappa shape index (κ1) is 13.0. The third-order valence-corrected chi connectivity index (χ3v) is 4.11. The van der Waals surface area contributed by atoms with Gasteiger partial charge in [-0.05, 0) is 63.1 Å². The molecule has 0 amide bonds. The predicted octanol–water partition coefficient (Wildman–Crippen LogP) is 4.55. The number of nitrogens with one attached hydrogen (secondary N) is 1. The molecule has 1 aromatic carbocycles. The van der Waals surface area contributed by atoms with Gasteiger partial charge in [0.05, 0.1) is 0 Å². The van der Waals surface area contributed by atoms with Crippen LogP contribution in [0.15, 0.2) is 24.3 Å². The summed E-state index contributed by atoms with van der Waals surface area (Å²) in [5, 5.41) is 13.0. The number of aryl methyl sites for hydroxylation is 3. The van der Waals surface area contributed by atoms with Crippen molar-refractivity contribution in [3.63, 3.8) is 0 Å². The van der Waals surface area contributed by atoms with Crippen LogP contribution in [0.4, 0.5) is 5.69 Å². The average Bonchev–Trinajstić information content (AvgIpc) is 2.63. The lowest BCUT2D eigenvalue weighted by Crippen LogP contribution is -2.06. The van der Waals surface area contributed by atoms with Crippen LogP contribution in [0.25, 0.3) is 0 Å². The van der Waals surface area contributed by atoms with Crippen molar-refractivity contribution in [1.82, 2.24) is 0 Å². The molecule has 0 radical (unpaired) electrons. The number of hydrogen-bond donors (Lipinski definition) is 2. The van der Waals surface area contributed by atoms with Gasteiger partial charge < -0.3 is 10.4 Å². The maximum Gasteiger partial charge on any atom is 0.118 e. The Morgan fingerprint density at radius 3 is 2.44 bits per heavy atom. The van der Waals surface area contributed by atoms with E-state index in [9.17, 15) is 5.11 Å². The largest absolute Gasteiger partial charge is 0.508 e. The minimum Gasteiger partial charge on any atom is -0.508 e. The second-order valence-electron chi connectivity index (χ2n) is 4.74. The molecular formula is C15H19NOS. The van der Waals surface area contributed by atoms with E-state index in [1.54, 1.807) is 6.07 Å².